The lowest BCUT2D eigenvalue weighted by molar-refractivity contribution is 0.316. The Hall–Kier alpha value is -1.18. The molecule has 0 saturated heterocycles. The van der Waals surface area contributed by atoms with Crippen LogP contribution in [0.1, 0.15) is 67.2 Å². The second kappa shape index (κ2) is 4.98. The molecule has 1 aromatic rings. The number of hydrogen-bond donors (Lipinski definition) is 0. The van der Waals surface area contributed by atoms with Crippen molar-refractivity contribution in [3.05, 3.63) is 22.3 Å². The fraction of sp³-hybridized carbons (Fsp3) is 0.667. The molecule has 2 aliphatic carbocycles. The molecule has 0 heterocycles. The minimum absolute atomic E-state index is 0.578. The van der Waals surface area contributed by atoms with Crippen molar-refractivity contribution in [3.63, 3.8) is 0 Å². The first-order valence-electron chi connectivity index (χ1n) is 7.87. The predicted molar refractivity (Wildman–Crippen MR) is 82.2 cm³/mol. The minimum Gasteiger partial charge on any atom is -0.493 e. The highest BCUT2D eigenvalue weighted by Crippen LogP contribution is 2.55. The van der Waals surface area contributed by atoms with Gasteiger partial charge in [-0.15, -0.1) is 0 Å². The zero-order valence-electron chi connectivity index (χ0n) is 13.4. The van der Waals surface area contributed by atoms with Gasteiger partial charge in [-0.1, -0.05) is 13.8 Å². The fourth-order valence-corrected chi connectivity index (χ4v) is 4.46. The number of benzene rings is 1. The average molecular weight is 274 g/mol. The standard InChI is InChI=1S/C18H26O2/c1-10-6-9-14-12(3)17(19-4)18(20-5)15-11(2)7-8-13(10)16(14)15/h10-11,13H,6-9H2,1-5H3/t10-,11-,13+/m0/s1. The molecule has 0 amide bonds. The van der Waals surface area contributed by atoms with E-state index < -0.39 is 0 Å². The minimum atomic E-state index is 0.578. The van der Waals surface area contributed by atoms with Crippen LogP contribution in [0.25, 0.3) is 0 Å². The van der Waals surface area contributed by atoms with E-state index in [-0.39, 0.29) is 0 Å². The summed E-state index contributed by atoms with van der Waals surface area (Å²) in [7, 11) is 3.54. The summed E-state index contributed by atoms with van der Waals surface area (Å²) in [6.07, 6.45) is 5.10. The highest BCUT2D eigenvalue weighted by molar-refractivity contribution is 5.63. The first-order valence-corrected chi connectivity index (χ1v) is 7.87. The predicted octanol–water partition coefficient (Wildman–Crippen LogP) is 4.58. The van der Waals surface area contributed by atoms with Crippen LogP contribution >= 0.6 is 0 Å². The van der Waals surface area contributed by atoms with Crippen LogP contribution in [0, 0.1) is 12.8 Å². The lowest BCUT2D eigenvalue weighted by Gasteiger charge is -2.41. The Morgan fingerprint density at radius 3 is 2.25 bits per heavy atom. The van der Waals surface area contributed by atoms with Crippen molar-refractivity contribution in [2.75, 3.05) is 14.2 Å². The Morgan fingerprint density at radius 2 is 1.60 bits per heavy atom. The lowest BCUT2D eigenvalue weighted by Crippen LogP contribution is -2.26. The van der Waals surface area contributed by atoms with E-state index in [0.29, 0.717) is 5.92 Å². The molecular weight excluding hydrogens is 248 g/mol. The third-order valence-electron chi connectivity index (χ3n) is 5.58. The van der Waals surface area contributed by atoms with Gasteiger partial charge in [-0.2, -0.15) is 0 Å². The van der Waals surface area contributed by atoms with Crippen LogP contribution in [0.4, 0.5) is 0 Å². The highest BCUT2D eigenvalue weighted by atomic mass is 16.5. The van der Waals surface area contributed by atoms with E-state index in [1.165, 1.54) is 36.8 Å². The highest BCUT2D eigenvalue weighted by Gasteiger charge is 2.38. The van der Waals surface area contributed by atoms with Crippen molar-refractivity contribution in [3.8, 4) is 11.5 Å². The molecule has 0 bridgehead atoms. The van der Waals surface area contributed by atoms with Gasteiger partial charge in [0, 0.05) is 5.56 Å². The molecule has 0 fully saturated rings. The molecule has 3 rings (SSSR count). The topological polar surface area (TPSA) is 18.5 Å². The molecule has 0 unspecified atom stereocenters. The smallest absolute Gasteiger partial charge is 0.164 e. The van der Waals surface area contributed by atoms with Gasteiger partial charge in [0.25, 0.3) is 0 Å². The zero-order valence-corrected chi connectivity index (χ0v) is 13.4. The van der Waals surface area contributed by atoms with Crippen LogP contribution in [0.15, 0.2) is 0 Å². The average Bonchev–Trinajstić information content (AvgIpc) is 2.45. The van der Waals surface area contributed by atoms with Gasteiger partial charge in [0.2, 0.25) is 0 Å². The maximum Gasteiger partial charge on any atom is 0.164 e. The summed E-state index contributed by atoms with van der Waals surface area (Å²) in [5.74, 6) is 4.06. The molecule has 0 N–H and O–H groups in total. The van der Waals surface area contributed by atoms with Gasteiger partial charge in [0.15, 0.2) is 11.5 Å². The van der Waals surface area contributed by atoms with Gasteiger partial charge < -0.3 is 9.47 Å². The Morgan fingerprint density at radius 1 is 0.900 bits per heavy atom. The first kappa shape index (κ1) is 13.8. The molecule has 0 spiro atoms. The van der Waals surface area contributed by atoms with E-state index in [1.807, 2.05) is 0 Å². The van der Waals surface area contributed by atoms with Crippen LogP contribution < -0.4 is 9.47 Å². The molecule has 110 valence electrons. The number of rotatable bonds is 2. The van der Waals surface area contributed by atoms with Crippen molar-refractivity contribution in [1.82, 2.24) is 0 Å². The van der Waals surface area contributed by atoms with E-state index in [2.05, 4.69) is 20.8 Å². The van der Waals surface area contributed by atoms with E-state index >= 15 is 0 Å². The summed E-state index contributed by atoms with van der Waals surface area (Å²) in [4.78, 5) is 0. The number of methoxy groups -OCH3 is 2. The summed E-state index contributed by atoms with van der Waals surface area (Å²) < 4.78 is 11.5. The molecule has 0 aliphatic heterocycles. The summed E-state index contributed by atoms with van der Waals surface area (Å²) in [6.45, 7) is 6.95. The van der Waals surface area contributed by atoms with Crippen molar-refractivity contribution < 1.29 is 9.47 Å². The molecule has 1 aromatic carbocycles. The van der Waals surface area contributed by atoms with Crippen molar-refractivity contribution >= 4 is 0 Å². The molecule has 0 saturated carbocycles. The Bertz CT molecular complexity index is 533. The maximum atomic E-state index is 5.77. The van der Waals surface area contributed by atoms with Crippen LogP contribution in [-0.2, 0) is 6.42 Å². The molecule has 20 heavy (non-hydrogen) atoms. The van der Waals surface area contributed by atoms with Crippen LogP contribution in [0.3, 0.4) is 0 Å². The quantitative estimate of drug-likeness (QED) is 0.786. The van der Waals surface area contributed by atoms with Crippen molar-refractivity contribution in [2.45, 2.75) is 58.3 Å². The molecular formula is C18H26O2. The van der Waals surface area contributed by atoms with Gasteiger partial charge in [0.1, 0.15) is 0 Å². The van der Waals surface area contributed by atoms with E-state index in [1.54, 1.807) is 25.3 Å². The van der Waals surface area contributed by atoms with Gasteiger partial charge in [0.05, 0.1) is 14.2 Å². The molecule has 2 nitrogen and oxygen atoms in total. The van der Waals surface area contributed by atoms with Crippen molar-refractivity contribution in [1.29, 1.82) is 0 Å². The summed E-state index contributed by atoms with van der Waals surface area (Å²) in [5, 5.41) is 0. The SMILES string of the molecule is COc1c(C)c2c3c(c1OC)[C@@H](C)CC[C@@H]3[C@@H](C)CC2. The first-order chi connectivity index (χ1) is 9.60. The van der Waals surface area contributed by atoms with Gasteiger partial charge in [-0.05, 0) is 67.1 Å². The largest absolute Gasteiger partial charge is 0.493 e. The fourth-order valence-electron chi connectivity index (χ4n) is 4.46. The Labute approximate surface area is 122 Å². The Kier molecular flexibility index (Phi) is 3.43. The molecule has 0 radical (unpaired) electrons. The third-order valence-corrected chi connectivity index (χ3v) is 5.58. The van der Waals surface area contributed by atoms with Crippen LogP contribution in [0.2, 0.25) is 0 Å². The van der Waals surface area contributed by atoms with Crippen molar-refractivity contribution in [2.24, 2.45) is 5.92 Å². The second-order valence-corrected chi connectivity index (χ2v) is 6.60. The molecule has 3 atom stereocenters. The maximum absolute atomic E-state index is 5.77. The third kappa shape index (κ3) is 1.77. The van der Waals surface area contributed by atoms with Gasteiger partial charge in [-0.3, -0.25) is 0 Å². The van der Waals surface area contributed by atoms with Gasteiger partial charge in [-0.25, -0.2) is 0 Å². The monoisotopic (exact) mass is 274 g/mol. The molecule has 0 aromatic heterocycles. The lowest BCUT2D eigenvalue weighted by atomic mass is 9.65. The number of ether oxygens (including phenoxy) is 2. The summed E-state index contributed by atoms with van der Waals surface area (Å²) in [6, 6.07) is 0. The van der Waals surface area contributed by atoms with Gasteiger partial charge >= 0.3 is 0 Å². The second-order valence-electron chi connectivity index (χ2n) is 6.60. The summed E-state index contributed by atoms with van der Waals surface area (Å²) in [5.41, 5.74) is 5.90. The van der Waals surface area contributed by atoms with Crippen LogP contribution in [-0.4, -0.2) is 14.2 Å². The normalized spacial score (nSPS) is 27.9. The molecule has 2 aliphatic rings. The van der Waals surface area contributed by atoms with E-state index in [4.69, 9.17) is 9.47 Å². The Balaban J connectivity index is 2.33. The number of hydrogen-bond acceptors (Lipinski definition) is 2. The van der Waals surface area contributed by atoms with Crippen LogP contribution in [0.5, 0.6) is 11.5 Å². The van der Waals surface area contributed by atoms with E-state index in [9.17, 15) is 0 Å². The van der Waals surface area contributed by atoms with E-state index in [0.717, 1.165) is 23.3 Å². The zero-order chi connectivity index (χ0) is 14.4. The summed E-state index contributed by atoms with van der Waals surface area (Å²) >= 11 is 0. The molecule has 2 heteroatoms.